The average molecular weight is 393 g/mol. The van der Waals surface area contributed by atoms with Crippen molar-refractivity contribution in [1.82, 2.24) is 24.4 Å². The van der Waals surface area contributed by atoms with Crippen molar-refractivity contribution in [3.63, 3.8) is 0 Å². The lowest BCUT2D eigenvalue weighted by Gasteiger charge is -2.21. The maximum atomic E-state index is 10.7. The van der Waals surface area contributed by atoms with Gasteiger partial charge in [-0.05, 0) is 7.05 Å². The van der Waals surface area contributed by atoms with Gasteiger partial charge in [-0.2, -0.15) is 0 Å². The van der Waals surface area contributed by atoms with Gasteiger partial charge in [-0.25, -0.2) is 15.0 Å². The molecule has 1 aliphatic heterocycles. The van der Waals surface area contributed by atoms with Gasteiger partial charge in [0, 0.05) is 13.1 Å². The molecule has 12 heteroatoms. The highest BCUT2D eigenvalue weighted by molar-refractivity contribution is 5.81. The van der Waals surface area contributed by atoms with Crippen LogP contribution in [-0.4, -0.2) is 90.2 Å². The number of nitrogens with zero attached hydrogens (tertiary/aromatic N) is 5. The number of anilines is 1. The van der Waals surface area contributed by atoms with Crippen LogP contribution in [0, 0.1) is 0 Å². The molecule has 152 valence electrons. The lowest BCUT2D eigenvalue weighted by molar-refractivity contribution is -0.137. The number of aliphatic hydroxyl groups is 2. The first-order valence-corrected chi connectivity index (χ1v) is 8.57. The number of hydrogen-bond donors (Lipinski definition) is 5. The van der Waals surface area contributed by atoms with Gasteiger partial charge in [-0.3, -0.25) is 9.36 Å². The molecule has 3 heterocycles. The van der Waals surface area contributed by atoms with E-state index in [1.807, 2.05) is 0 Å². The molecule has 3 rings (SSSR count). The Kier molecular flexibility index (Phi) is 5.86. The smallest absolute Gasteiger partial charge is 0.324 e. The minimum atomic E-state index is -1.19. The maximum absolute atomic E-state index is 10.7. The number of ether oxygens (including phenoxy) is 1. The molecular weight excluding hydrogens is 370 g/mol. The summed E-state index contributed by atoms with van der Waals surface area (Å²) in [5, 5.41) is 29.6. The second kappa shape index (κ2) is 8.16. The van der Waals surface area contributed by atoms with Gasteiger partial charge >= 0.3 is 5.97 Å². The summed E-state index contributed by atoms with van der Waals surface area (Å²) in [4.78, 5) is 24.6. The van der Waals surface area contributed by atoms with Crippen molar-refractivity contribution < 1.29 is 24.9 Å². The highest BCUT2D eigenvalue weighted by Crippen LogP contribution is 2.32. The summed E-state index contributed by atoms with van der Waals surface area (Å²) >= 11 is 0. The number of aliphatic carboxylic acids is 1. The van der Waals surface area contributed by atoms with Gasteiger partial charge in [0.1, 0.15) is 36.2 Å². The molecule has 2 aromatic heterocycles. The summed E-state index contributed by atoms with van der Waals surface area (Å²) in [5.41, 5.74) is 12.0. The Morgan fingerprint density at radius 1 is 1.39 bits per heavy atom. The number of imidazole rings is 1. The van der Waals surface area contributed by atoms with Crippen LogP contribution in [0.25, 0.3) is 11.2 Å². The summed E-state index contributed by atoms with van der Waals surface area (Å²) in [6.45, 7) is 0.692. The maximum Gasteiger partial charge on any atom is 0.324 e. The zero-order valence-electron chi connectivity index (χ0n) is 15.2. The van der Waals surface area contributed by atoms with E-state index in [0.717, 1.165) is 0 Å². The van der Waals surface area contributed by atoms with Crippen LogP contribution in [-0.2, 0) is 9.53 Å². The number of aromatic nitrogens is 4. The van der Waals surface area contributed by atoms with Crippen molar-refractivity contribution in [1.29, 1.82) is 0 Å². The number of likely N-dealkylation sites (N-methyl/N-ethyl adjacent to an activating group) is 1. The zero-order chi connectivity index (χ0) is 20.4. The van der Waals surface area contributed by atoms with Crippen molar-refractivity contribution in [2.75, 3.05) is 25.9 Å². The Morgan fingerprint density at radius 2 is 2.14 bits per heavy atom. The highest BCUT2D eigenvalue weighted by atomic mass is 16.6. The Labute approximate surface area is 160 Å². The Hall–Kier alpha value is -2.64. The predicted molar refractivity (Wildman–Crippen MR) is 97.9 cm³/mol. The Bertz CT molecular complexity index is 872. The van der Waals surface area contributed by atoms with Gasteiger partial charge in [0.15, 0.2) is 17.7 Å². The van der Waals surface area contributed by atoms with Gasteiger partial charge in [-0.1, -0.05) is 12.2 Å². The van der Waals surface area contributed by atoms with Crippen LogP contribution in [0.5, 0.6) is 0 Å². The fourth-order valence-corrected chi connectivity index (χ4v) is 3.02. The van der Waals surface area contributed by atoms with Crippen molar-refractivity contribution in [3.05, 3.63) is 24.8 Å². The van der Waals surface area contributed by atoms with Crippen molar-refractivity contribution in [3.8, 4) is 0 Å². The number of carbonyl (C=O) groups is 1. The fourth-order valence-electron chi connectivity index (χ4n) is 3.02. The van der Waals surface area contributed by atoms with Gasteiger partial charge in [0.05, 0.1) is 6.33 Å². The topological polar surface area (TPSA) is 186 Å². The van der Waals surface area contributed by atoms with Crippen LogP contribution in [0.2, 0.25) is 0 Å². The standard InChI is InChI=1S/C16H23N7O5/c1-22(4-2-3-8(17)16(26)27)5-9-11(24)12(25)15(28-9)23-7-21-10-13(18)19-6-20-14(10)23/h2-3,6-9,11-12,15,24-25H,4-5,17H2,1H3,(H,26,27)(H2,18,19,20)/t8?,9-,11?,12?,15-/m1/s1. The number of fused-ring (bicyclic) bond motifs is 1. The molecule has 28 heavy (non-hydrogen) atoms. The second-order valence-electron chi connectivity index (χ2n) is 6.64. The van der Waals surface area contributed by atoms with Gasteiger partial charge < -0.3 is 36.4 Å². The number of nitrogens with two attached hydrogens (primary N) is 2. The average Bonchev–Trinajstić information content (AvgIpc) is 3.19. The van der Waals surface area contributed by atoms with Gasteiger partial charge in [0.2, 0.25) is 0 Å². The molecule has 12 nitrogen and oxygen atoms in total. The molecule has 0 aromatic carbocycles. The SMILES string of the molecule is CN(CC=CC(N)C(=O)O)C[C@H]1O[C@@H](n2cnc3c(N)ncnc32)C(O)C1O. The predicted octanol–water partition coefficient (Wildman–Crippen LogP) is -2.07. The summed E-state index contributed by atoms with van der Waals surface area (Å²) in [6.07, 6.45) is 1.83. The third kappa shape index (κ3) is 3.95. The van der Waals surface area contributed by atoms with E-state index in [4.69, 9.17) is 21.3 Å². The van der Waals surface area contributed by atoms with Crippen LogP contribution in [0.4, 0.5) is 5.82 Å². The largest absolute Gasteiger partial charge is 0.480 e. The number of nitrogen functional groups attached to an aromatic ring is 1. The molecule has 0 saturated carbocycles. The molecule has 1 saturated heterocycles. The lowest BCUT2D eigenvalue weighted by Crippen LogP contribution is -2.38. The molecule has 0 aliphatic carbocycles. The number of rotatable bonds is 7. The third-order valence-corrected chi connectivity index (χ3v) is 4.54. The van der Waals surface area contributed by atoms with Gasteiger partial charge in [-0.15, -0.1) is 0 Å². The van der Waals surface area contributed by atoms with Crippen molar-refractivity contribution >= 4 is 23.0 Å². The molecule has 0 radical (unpaired) electrons. The molecule has 1 fully saturated rings. The van der Waals surface area contributed by atoms with E-state index in [1.165, 1.54) is 23.3 Å². The van der Waals surface area contributed by atoms with Gasteiger partial charge in [0.25, 0.3) is 0 Å². The molecule has 5 atom stereocenters. The van der Waals surface area contributed by atoms with E-state index in [-0.39, 0.29) is 5.82 Å². The molecule has 0 bridgehead atoms. The van der Waals surface area contributed by atoms with Crippen LogP contribution in [0.15, 0.2) is 24.8 Å². The zero-order valence-corrected chi connectivity index (χ0v) is 15.2. The monoisotopic (exact) mass is 393 g/mol. The van der Waals surface area contributed by atoms with E-state index in [1.54, 1.807) is 18.0 Å². The summed E-state index contributed by atoms with van der Waals surface area (Å²) in [6, 6.07) is -1.07. The first-order chi connectivity index (χ1) is 13.3. The summed E-state index contributed by atoms with van der Waals surface area (Å²) < 4.78 is 7.36. The summed E-state index contributed by atoms with van der Waals surface area (Å²) in [5.74, 6) is -0.907. The number of hydrogen-bond acceptors (Lipinski definition) is 10. The van der Waals surface area contributed by atoms with E-state index in [0.29, 0.717) is 24.3 Å². The van der Waals surface area contributed by atoms with Crippen LogP contribution in [0.1, 0.15) is 6.23 Å². The van der Waals surface area contributed by atoms with Crippen molar-refractivity contribution in [2.24, 2.45) is 5.73 Å². The quantitative estimate of drug-likeness (QED) is 0.325. The lowest BCUT2D eigenvalue weighted by atomic mass is 10.1. The van der Waals surface area contributed by atoms with Crippen molar-refractivity contribution in [2.45, 2.75) is 30.6 Å². The third-order valence-electron chi connectivity index (χ3n) is 4.54. The minimum absolute atomic E-state index is 0.208. The fraction of sp³-hybridized carbons (Fsp3) is 0.500. The van der Waals surface area contributed by atoms with Crippen LogP contribution >= 0.6 is 0 Å². The van der Waals surface area contributed by atoms with Crippen LogP contribution in [0.3, 0.4) is 0 Å². The van der Waals surface area contributed by atoms with E-state index >= 15 is 0 Å². The van der Waals surface area contributed by atoms with E-state index in [2.05, 4.69) is 15.0 Å². The first-order valence-electron chi connectivity index (χ1n) is 8.57. The molecule has 3 unspecified atom stereocenters. The number of aliphatic hydroxyl groups excluding tert-OH is 2. The van der Waals surface area contributed by atoms with E-state index in [9.17, 15) is 15.0 Å². The summed E-state index contributed by atoms with van der Waals surface area (Å²) in [7, 11) is 1.77. The molecule has 7 N–H and O–H groups in total. The first kappa shape index (κ1) is 20.1. The normalized spacial score (nSPS) is 26.5. The molecular formula is C16H23N7O5. The Morgan fingerprint density at radius 3 is 2.86 bits per heavy atom. The van der Waals surface area contributed by atoms with E-state index < -0.39 is 36.6 Å². The highest BCUT2D eigenvalue weighted by Gasteiger charge is 2.44. The molecule has 0 amide bonds. The van der Waals surface area contributed by atoms with Crippen LogP contribution < -0.4 is 11.5 Å². The number of carboxylic acids is 1. The Balaban J connectivity index is 1.67. The minimum Gasteiger partial charge on any atom is -0.480 e. The molecule has 2 aromatic rings. The molecule has 0 spiro atoms. The second-order valence-corrected chi connectivity index (χ2v) is 6.64. The molecule has 1 aliphatic rings. The number of carboxylic acid groups (broad SMARTS) is 1.